The third-order valence-corrected chi connectivity index (χ3v) is 3.48. The van der Waals surface area contributed by atoms with Gasteiger partial charge in [0.25, 0.3) is 0 Å². The average Bonchev–Trinajstić information content (AvgIpc) is 2.48. The smallest absolute Gasteiger partial charge is 0.0965 e. The van der Waals surface area contributed by atoms with Gasteiger partial charge in [0, 0.05) is 12.0 Å². The molecule has 2 aliphatic rings. The maximum Gasteiger partial charge on any atom is 0.0965 e. The quantitative estimate of drug-likeness (QED) is 0.611. The van der Waals surface area contributed by atoms with Gasteiger partial charge in [-0.05, 0) is 25.3 Å². The first-order valence-corrected chi connectivity index (χ1v) is 4.64. The minimum Gasteiger partial charge on any atom is -0.316 e. The van der Waals surface area contributed by atoms with Crippen LogP contribution in [0.15, 0.2) is 0 Å². The lowest BCUT2D eigenvalue weighted by Crippen LogP contribution is -2.35. The first-order valence-electron chi connectivity index (χ1n) is 4.64. The van der Waals surface area contributed by atoms with Crippen molar-refractivity contribution in [2.75, 3.05) is 19.8 Å². The van der Waals surface area contributed by atoms with Gasteiger partial charge in [0.2, 0.25) is 0 Å². The number of hydrogen-bond donors (Lipinski definition) is 1. The molecular formula is C9H16FN. The first kappa shape index (κ1) is 7.53. The summed E-state index contributed by atoms with van der Waals surface area (Å²) in [7, 11) is 0. The van der Waals surface area contributed by atoms with E-state index in [9.17, 15) is 4.39 Å². The molecule has 2 fully saturated rings. The van der Waals surface area contributed by atoms with E-state index in [-0.39, 0.29) is 12.1 Å². The zero-order valence-corrected chi connectivity index (χ0v) is 6.91. The molecular weight excluding hydrogens is 141 g/mol. The van der Waals surface area contributed by atoms with Gasteiger partial charge in [-0.1, -0.05) is 12.8 Å². The number of rotatable bonds is 1. The standard InChI is InChI=1S/C9H16FN/c10-6-9-4-2-1-3-8(9)5-11-7-9/h8,11H,1-7H2/t8-,9+/m1/s1. The summed E-state index contributed by atoms with van der Waals surface area (Å²) in [5.41, 5.74) is 0.0538. The van der Waals surface area contributed by atoms with Crippen molar-refractivity contribution < 1.29 is 4.39 Å². The molecule has 0 unspecified atom stereocenters. The van der Waals surface area contributed by atoms with Gasteiger partial charge < -0.3 is 5.32 Å². The van der Waals surface area contributed by atoms with Crippen LogP contribution in [-0.4, -0.2) is 19.8 Å². The van der Waals surface area contributed by atoms with Crippen LogP contribution >= 0.6 is 0 Å². The van der Waals surface area contributed by atoms with Crippen LogP contribution < -0.4 is 5.32 Å². The van der Waals surface area contributed by atoms with Crippen LogP contribution in [0.4, 0.5) is 4.39 Å². The van der Waals surface area contributed by atoms with Gasteiger partial charge in [-0.2, -0.15) is 0 Å². The molecule has 0 bridgehead atoms. The second kappa shape index (κ2) is 2.74. The molecule has 2 heteroatoms. The Morgan fingerprint density at radius 1 is 1.45 bits per heavy atom. The molecule has 0 aromatic carbocycles. The van der Waals surface area contributed by atoms with Crippen LogP contribution in [-0.2, 0) is 0 Å². The summed E-state index contributed by atoms with van der Waals surface area (Å²) in [4.78, 5) is 0. The highest BCUT2D eigenvalue weighted by molar-refractivity contribution is 4.96. The van der Waals surface area contributed by atoms with Gasteiger partial charge in [0.15, 0.2) is 0 Å². The second-order valence-electron chi connectivity index (χ2n) is 4.07. The molecule has 0 amide bonds. The van der Waals surface area contributed by atoms with Gasteiger partial charge in [-0.15, -0.1) is 0 Å². The maximum atomic E-state index is 12.8. The minimum absolute atomic E-state index is 0.0538. The Labute approximate surface area is 67.4 Å². The highest BCUT2D eigenvalue weighted by atomic mass is 19.1. The molecule has 1 aliphatic heterocycles. The fourth-order valence-corrected chi connectivity index (χ4v) is 2.65. The first-order chi connectivity index (χ1) is 5.37. The molecule has 0 aromatic rings. The monoisotopic (exact) mass is 157 g/mol. The molecule has 0 spiro atoms. The summed E-state index contributed by atoms with van der Waals surface area (Å²) in [5, 5.41) is 3.32. The Kier molecular flexibility index (Phi) is 1.88. The van der Waals surface area contributed by atoms with Gasteiger partial charge in [-0.3, -0.25) is 4.39 Å². The van der Waals surface area contributed by atoms with E-state index in [1.807, 2.05) is 0 Å². The van der Waals surface area contributed by atoms with Crippen LogP contribution in [0.5, 0.6) is 0 Å². The highest BCUT2D eigenvalue weighted by Crippen LogP contribution is 2.43. The Morgan fingerprint density at radius 3 is 3.09 bits per heavy atom. The molecule has 1 saturated heterocycles. The van der Waals surface area contributed by atoms with Crippen molar-refractivity contribution in [1.82, 2.24) is 5.32 Å². The summed E-state index contributed by atoms with van der Waals surface area (Å²) in [6.07, 6.45) is 4.91. The summed E-state index contributed by atoms with van der Waals surface area (Å²) in [5.74, 6) is 0.640. The molecule has 64 valence electrons. The summed E-state index contributed by atoms with van der Waals surface area (Å²) >= 11 is 0. The van der Waals surface area contributed by atoms with Crippen LogP contribution in [0.2, 0.25) is 0 Å². The lowest BCUT2D eigenvalue weighted by molar-refractivity contribution is 0.109. The molecule has 1 saturated carbocycles. The third-order valence-electron chi connectivity index (χ3n) is 3.48. The molecule has 2 rings (SSSR count). The van der Waals surface area contributed by atoms with Crippen molar-refractivity contribution >= 4 is 0 Å². The molecule has 1 aliphatic carbocycles. The Hall–Kier alpha value is -0.110. The van der Waals surface area contributed by atoms with Crippen LogP contribution in [0.25, 0.3) is 0 Å². The number of alkyl halides is 1. The van der Waals surface area contributed by atoms with E-state index in [1.165, 1.54) is 19.3 Å². The highest BCUT2D eigenvalue weighted by Gasteiger charge is 2.44. The Bertz CT molecular complexity index is 148. The molecule has 1 N–H and O–H groups in total. The van der Waals surface area contributed by atoms with Crippen LogP contribution in [0, 0.1) is 11.3 Å². The normalized spacial score (nSPS) is 43.9. The molecule has 1 nitrogen and oxygen atoms in total. The van der Waals surface area contributed by atoms with E-state index >= 15 is 0 Å². The van der Waals surface area contributed by atoms with Crippen molar-refractivity contribution in [2.24, 2.45) is 11.3 Å². The zero-order chi connectivity index (χ0) is 7.73. The van der Waals surface area contributed by atoms with Crippen molar-refractivity contribution in [2.45, 2.75) is 25.7 Å². The van der Waals surface area contributed by atoms with Crippen molar-refractivity contribution in [3.8, 4) is 0 Å². The summed E-state index contributed by atoms with van der Waals surface area (Å²) in [6, 6.07) is 0. The third kappa shape index (κ3) is 1.08. The molecule has 2 atom stereocenters. The van der Waals surface area contributed by atoms with Crippen LogP contribution in [0.3, 0.4) is 0 Å². The molecule has 1 heterocycles. The lowest BCUT2D eigenvalue weighted by Gasteiger charge is -2.35. The minimum atomic E-state index is -0.106. The fraction of sp³-hybridized carbons (Fsp3) is 1.00. The summed E-state index contributed by atoms with van der Waals surface area (Å²) < 4.78 is 12.8. The topological polar surface area (TPSA) is 12.0 Å². The average molecular weight is 157 g/mol. The van der Waals surface area contributed by atoms with E-state index in [0.29, 0.717) is 5.92 Å². The van der Waals surface area contributed by atoms with Crippen molar-refractivity contribution in [1.29, 1.82) is 0 Å². The Morgan fingerprint density at radius 2 is 2.36 bits per heavy atom. The molecule has 0 radical (unpaired) electrons. The molecule has 0 aromatic heterocycles. The Balaban J connectivity index is 2.12. The number of nitrogens with one attached hydrogen (secondary N) is 1. The predicted octanol–water partition coefficient (Wildman–Crippen LogP) is 1.74. The largest absolute Gasteiger partial charge is 0.316 e. The number of fused-ring (bicyclic) bond motifs is 1. The van der Waals surface area contributed by atoms with E-state index < -0.39 is 0 Å². The van der Waals surface area contributed by atoms with Gasteiger partial charge >= 0.3 is 0 Å². The summed E-state index contributed by atoms with van der Waals surface area (Å²) in [6.45, 7) is 1.88. The fourth-order valence-electron chi connectivity index (χ4n) is 2.65. The van der Waals surface area contributed by atoms with E-state index in [0.717, 1.165) is 19.5 Å². The van der Waals surface area contributed by atoms with Gasteiger partial charge in [-0.25, -0.2) is 0 Å². The maximum absolute atomic E-state index is 12.8. The molecule has 11 heavy (non-hydrogen) atoms. The second-order valence-corrected chi connectivity index (χ2v) is 4.07. The zero-order valence-electron chi connectivity index (χ0n) is 6.91. The number of halogens is 1. The predicted molar refractivity (Wildman–Crippen MR) is 43.2 cm³/mol. The van der Waals surface area contributed by atoms with E-state index in [1.54, 1.807) is 0 Å². The lowest BCUT2D eigenvalue weighted by atomic mass is 9.69. The van der Waals surface area contributed by atoms with Crippen LogP contribution in [0.1, 0.15) is 25.7 Å². The van der Waals surface area contributed by atoms with E-state index in [4.69, 9.17) is 0 Å². The SMILES string of the molecule is FC[C@]12CCCC[C@@H]1CNC2. The number of hydrogen-bond acceptors (Lipinski definition) is 1. The van der Waals surface area contributed by atoms with Gasteiger partial charge in [0.1, 0.15) is 0 Å². The van der Waals surface area contributed by atoms with Gasteiger partial charge in [0.05, 0.1) is 6.67 Å². The van der Waals surface area contributed by atoms with Crippen molar-refractivity contribution in [3.05, 3.63) is 0 Å². The van der Waals surface area contributed by atoms with Crippen molar-refractivity contribution in [3.63, 3.8) is 0 Å². The van der Waals surface area contributed by atoms with E-state index in [2.05, 4.69) is 5.32 Å².